The highest BCUT2D eigenvalue weighted by Gasteiger charge is 2.23. The predicted octanol–water partition coefficient (Wildman–Crippen LogP) is 3.17. The van der Waals surface area contributed by atoms with Crippen LogP contribution < -0.4 is 5.73 Å². The molecule has 21 heavy (non-hydrogen) atoms. The summed E-state index contributed by atoms with van der Waals surface area (Å²) in [6, 6.07) is 11.4. The molecule has 0 amide bonds. The fraction of sp³-hybridized carbons (Fsp3) is 0.0714. The number of benzene rings is 2. The Kier molecular flexibility index (Phi) is 4.44. The Morgan fingerprint density at radius 1 is 1.24 bits per heavy atom. The second kappa shape index (κ2) is 6.27. The molecule has 0 aromatic heterocycles. The average molecular weight is 304 g/mol. The molecule has 2 aromatic rings. The Morgan fingerprint density at radius 3 is 2.57 bits per heavy atom. The van der Waals surface area contributed by atoms with Crippen LogP contribution in [0, 0.1) is 10.1 Å². The summed E-state index contributed by atoms with van der Waals surface area (Å²) in [5.74, 6) is -1.02. The monoisotopic (exact) mass is 304 g/mol. The Balaban J connectivity index is 2.32. The minimum Gasteiger partial charge on any atom is -0.477 e. The summed E-state index contributed by atoms with van der Waals surface area (Å²) in [5, 5.41) is 20.1. The molecular weight excluding hydrogens is 292 g/mol. The number of nitro benzene ring substituents is 1. The van der Waals surface area contributed by atoms with Crippen LogP contribution >= 0.6 is 11.8 Å². The van der Waals surface area contributed by atoms with E-state index in [1.54, 1.807) is 18.2 Å². The van der Waals surface area contributed by atoms with Gasteiger partial charge in [-0.25, -0.2) is 4.79 Å². The number of nitro groups is 1. The minimum atomic E-state index is -1.31. The van der Waals surface area contributed by atoms with Crippen LogP contribution in [0.15, 0.2) is 47.4 Å². The lowest BCUT2D eigenvalue weighted by molar-refractivity contribution is -0.385. The normalized spacial score (nSPS) is 10.3. The highest BCUT2D eigenvalue weighted by molar-refractivity contribution is 7.98. The van der Waals surface area contributed by atoms with Crippen molar-refractivity contribution in [3.05, 3.63) is 63.7 Å². The number of aromatic carboxylic acids is 1. The number of hydrogen-bond acceptors (Lipinski definition) is 5. The van der Waals surface area contributed by atoms with Gasteiger partial charge in [-0.05, 0) is 17.7 Å². The molecule has 0 radical (unpaired) electrons. The van der Waals surface area contributed by atoms with Crippen molar-refractivity contribution >= 4 is 29.1 Å². The molecule has 7 heteroatoms. The second-order valence-corrected chi connectivity index (χ2v) is 5.22. The molecule has 108 valence electrons. The van der Waals surface area contributed by atoms with Crippen molar-refractivity contribution in [2.75, 3.05) is 5.73 Å². The first-order chi connectivity index (χ1) is 10.0. The lowest BCUT2D eigenvalue weighted by Crippen LogP contribution is -2.06. The number of nitrogens with zero attached hydrogens (tertiary/aromatic N) is 1. The highest BCUT2D eigenvalue weighted by atomic mass is 32.2. The predicted molar refractivity (Wildman–Crippen MR) is 80.5 cm³/mol. The minimum absolute atomic E-state index is 0.274. The third-order valence-electron chi connectivity index (χ3n) is 2.84. The van der Waals surface area contributed by atoms with Crippen LogP contribution in [0.5, 0.6) is 0 Å². The zero-order valence-corrected chi connectivity index (χ0v) is 11.7. The third-order valence-corrected chi connectivity index (χ3v) is 3.98. The van der Waals surface area contributed by atoms with Gasteiger partial charge in [0.25, 0.3) is 5.69 Å². The van der Waals surface area contributed by atoms with Gasteiger partial charge in [-0.15, -0.1) is 11.8 Å². The number of thioether (sulfide) groups is 1. The van der Waals surface area contributed by atoms with Crippen molar-refractivity contribution in [3.8, 4) is 0 Å². The largest absolute Gasteiger partial charge is 0.477 e. The van der Waals surface area contributed by atoms with Gasteiger partial charge in [-0.3, -0.25) is 10.1 Å². The van der Waals surface area contributed by atoms with E-state index in [9.17, 15) is 20.0 Å². The van der Waals surface area contributed by atoms with Crippen LogP contribution in [0.3, 0.4) is 0 Å². The smallest absolute Gasteiger partial charge is 0.343 e. The Morgan fingerprint density at radius 2 is 1.95 bits per heavy atom. The fourth-order valence-electron chi connectivity index (χ4n) is 1.87. The molecule has 2 aromatic carbocycles. The first-order valence-electron chi connectivity index (χ1n) is 5.97. The number of nitrogens with two attached hydrogens (primary N) is 1. The van der Waals surface area contributed by atoms with E-state index in [0.717, 1.165) is 4.90 Å². The molecule has 0 fully saturated rings. The number of rotatable bonds is 5. The molecule has 6 nitrogen and oxygen atoms in total. The van der Waals surface area contributed by atoms with Gasteiger partial charge in [0.15, 0.2) is 0 Å². The zero-order chi connectivity index (χ0) is 15.4. The second-order valence-electron chi connectivity index (χ2n) is 4.20. The molecule has 0 saturated heterocycles. The fourth-order valence-corrected chi connectivity index (χ4v) is 2.83. The van der Waals surface area contributed by atoms with Crippen molar-refractivity contribution in [2.24, 2.45) is 0 Å². The van der Waals surface area contributed by atoms with Gasteiger partial charge >= 0.3 is 5.97 Å². The van der Waals surface area contributed by atoms with Crippen LogP contribution in [-0.4, -0.2) is 16.0 Å². The van der Waals surface area contributed by atoms with Crippen LogP contribution in [0.2, 0.25) is 0 Å². The van der Waals surface area contributed by atoms with Gasteiger partial charge in [-0.1, -0.05) is 24.3 Å². The molecule has 3 N–H and O–H groups in total. The molecule has 0 aliphatic heterocycles. The lowest BCUT2D eigenvalue weighted by Gasteiger charge is -2.08. The molecule has 2 rings (SSSR count). The lowest BCUT2D eigenvalue weighted by atomic mass is 10.1. The summed E-state index contributed by atoms with van der Waals surface area (Å²) in [7, 11) is 0. The number of para-hydroxylation sites is 1. The number of carboxylic acids is 1. The van der Waals surface area contributed by atoms with Crippen molar-refractivity contribution in [2.45, 2.75) is 10.6 Å². The SMILES string of the molecule is Nc1ccccc1SCc1cccc([N+](=O)[O-])c1C(=O)O. The summed E-state index contributed by atoms with van der Waals surface area (Å²) < 4.78 is 0. The molecule has 0 spiro atoms. The zero-order valence-electron chi connectivity index (χ0n) is 10.9. The summed E-state index contributed by atoms with van der Waals surface area (Å²) in [6.07, 6.45) is 0. The maximum absolute atomic E-state index is 11.3. The average Bonchev–Trinajstić information content (AvgIpc) is 2.45. The number of carboxylic acid groups (broad SMARTS) is 1. The Bertz CT molecular complexity index is 703. The molecule has 0 saturated carbocycles. The van der Waals surface area contributed by atoms with Crippen molar-refractivity contribution in [1.29, 1.82) is 0 Å². The van der Waals surface area contributed by atoms with Gasteiger partial charge in [0.05, 0.1) is 4.92 Å². The Hall–Kier alpha value is -2.54. The van der Waals surface area contributed by atoms with E-state index in [1.165, 1.54) is 23.9 Å². The van der Waals surface area contributed by atoms with Gasteiger partial charge in [-0.2, -0.15) is 0 Å². The number of nitrogen functional groups attached to an aromatic ring is 1. The molecular formula is C14H12N2O4S. The van der Waals surface area contributed by atoms with Crippen LogP contribution in [0.25, 0.3) is 0 Å². The summed E-state index contributed by atoms with van der Waals surface area (Å²) in [5.41, 5.74) is 6.12. The molecule has 0 aliphatic rings. The van der Waals surface area contributed by atoms with Crippen molar-refractivity contribution in [1.82, 2.24) is 0 Å². The van der Waals surface area contributed by atoms with E-state index >= 15 is 0 Å². The first-order valence-corrected chi connectivity index (χ1v) is 6.96. The quantitative estimate of drug-likeness (QED) is 0.380. The van der Waals surface area contributed by atoms with E-state index in [4.69, 9.17) is 5.73 Å². The molecule has 0 unspecified atom stereocenters. The van der Waals surface area contributed by atoms with Gasteiger partial charge in [0, 0.05) is 22.4 Å². The summed E-state index contributed by atoms with van der Waals surface area (Å²) in [6.45, 7) is 0. The first kappa shape index (κ1) is 14.9. The standard InChI is InChI=1S/C14H12N2O4S/c15-10-5-1-2-7-12(10)21-8-9-4-3-6-11(16(19)20)13(9)14(17)18/h1-7H,8,15H2,(H,17,18). The third kappa shape index (κ3) is 3.32. The molecule has 0 aliphatic carbocycles. The maximum Gasteiger partial charge on any atom is 0.343 e. The molecule has 0 heterocycles. The topological polar surface area (TPSA) is 106 Å². The number of anilines is 1. The van der Waals surface area contributed by atoms with Crippen LogP contribution in [-0.2, 0) is 5.75 Å². The van der Waals surface area contributed by atoms with E-state index in [0.29, 0.717) is 11.3 Å². The van der Waals surface area contributed by atoms with Crippen molar-refractivity contribution < 1.29 is 14.8 Å². The number of hydrogen-bond donors (Lipinski definition) is 2. The molecule has 0 bridgehead atoms. The van der Waals surface area contributed by atoms with E-state index in [2.05, 4.69) is 0 Å². The number of carbonyl (C=O) groups is 1. The van der Waals surface area contributed by atoms with E-state index in [-0.39, 0.29) is 11.3 Å². The Labute approximate surface area is 124 Å². The van der Waals surface area contributed by atoms with Crippen LogP contribution in [0.4, 0.5) is 11.4 Å². The van der Waals surface area contributed by atoms with E-state index < -0.39 is 16.6 Å². The van der Waals surface area contributed by atoms with Gasteiger partial charge in [0.2, 0.25) is 0 Å². The van der Waals surface area contributed by atoms with Gasteiger partial charge < -0.3 is 10.8 Å². The van der Waals surface area contributed by atoms with Gasteiger partial charge in [0.1, 0.15) is 5.56 Å². The highest BCUT2D eigenvalue weighted by Crippen LogP contribution is 2.31. The van der Waals surface area contributed by atoms with Crippen LogP contribution in [0.1, 0.15) is 15.9 Å². The molecule has 0 atom stereocenters. The van der Waals surface area contributed by atoms with Crippen molar-refractivity contribution in [3.63, 3.8) is 0 Å². The maximum atomic E-state index is 11.3. The van der Waals surface area contributed by atoms with E-state index in [1.807, 2.05) is 12.1 Å². The summed E-state index contributed by atoms with van der Waals surface area (Å²) >= 11 is 1.34. The summed E-state index contributed by atoms with van der Waals surface area (Å²) in [4.78, 5) is 22.3.